The number of nitrogens with one attached hydrogen (secondary N) is 2. The fraction of sp³-hybridized carbons (Fsp3) is 0.217. The molecular formula is C23H21ClN4O3S. The summed E-state index contributed by atoms with van der Waals surface area (Å²) < 4.78 is 5.35. The molecule has 0 saturated carbocycles. The smallest absolute Gasteiger partial charge is 0.259 e. The summed E-state index contributed by atoms with van der Waals surface area (Å²) in [5.41, 5.74) is 2.56. The van der Waals surface area contributed by atoms with Gasteiger partial charge in [-0.2, -0.15) is 0 Å². The average Bonchev–Trinajstić information content (AvgIpc) is 3.34. The molecule has 2 amide bonds. The zero-order chi connectivity index (χ0) is 23.0. The van der Waals surface area contributed by atoms with E-state index >= 15 is 0 Å². The topological polar surface area (TPSA) is 97.1 Å². The Kier molecular flexibility index (Phi) is 5.99. The lowest BCUT2D eigenvalue weighted by atomic mass is 10.1. The molecule has 0 radical (unpaired) electrons. The summed E-state index contributed by atoms with van der Waals surface area (Å²) in [6, 6.07) is 10.4. The van der Waals surface area contributed by atoms with E-state index in [2.05, 4.69) is 20.8 Å². The molecule has 32 heavy (non-hydrogen) atoms. The molecule has 0 spiro atoms. The van der Waals surface area contributed by atoms with Gasteiger partial charge in [0.05, 0.1) is 37.9 Å². The first-order chi connectivity index (χ1) is 15.2. The average molecular weight is 469 g/mol. The molecule has 0 aliphatic carbocycles. The highest BCUT2D eigenvalue weighted by Crippen LogP contribution is 2.32. The fourth-order valence-corrected chi connectivity index (χ4v) is 4.26. The number of aryl methyl sites for hydroxylation is 2. The summed E-state index contributed by atoms with van der Waals surface area (Å²) in [5, 5.41) is 10.5. The maximum Gasteiger partial charge on any atom is 0.259 e. The lowest BCUT2D eigenvalue weighted by molar-refractivity contribution is 0.0942. The number of carbonyl (C=O) groups is 2. The van der Waals surface area contributed by atoms with Gasteiger partial charge in [-0.3, -0.25) is 9.59 Å². The summed E-state index contributed by atoms with van der Waals surface area (Å²) in [7, 11) is 0. The lowest BCUT2D eigenvalue weighted by Crippen LogP contribution is -2.30. The number of nitrogens with zero attached hydrogens (tertiary/aromatic N) is 2. The molecule has 2 N–H and O–H groups in total. The molecule has 164 valence electrons. The highest BCUT2D eigenvalue weighted by molar-refractivity contribution is 7.15. The van der Waals surface area contributed by atoms with E-state index in [4.69, 9.17) is 16.1 Å². The highest BCUT2D eigenvalue weighted by atomic mass is 35.5. The number of fused-ring (bicyclic) bond motifs is 1. The van der Waals surface area contributed by atoms with Crippen molar-refractivity contribution in [2.45, 2.75) is 33.7 Å². The molecule has 4 rings (SSSR count). The van der Waals surface area contributed by atoms with Crippen LogP contribution in [0.1, 0.15) is 45.1 Å². The molecule has 0 bridgehead atoms. The molecule has 1 aromatic carbocycles. The number of carbonyl (C=O) groups excluding carboxylic acids is 2. The molecule has 0 atom stereocenters. The van der Waals surface area contributed by atoms with E-state index in [9.17, 15) is 9.59 Å². The first-order valence-corrected chi connectivity index (χ1v) is 11.2. The number of anilines is 1. The summed E-state index contributed by atoms with van der Waals surface area (Å²) in [5.74, 6) is -0.648. The standard InChI is InChI=1S/C23H21ClN4O3S/c1-11(2)25-21(29)14-6-7-16(24)17(9-14)26-22(30)15-10-18(19-8-5-12(3)32-19)27-23-20(15)13(4)28-31-23/h5-11H,1-4H3,(H,25,29)(H,26,30). The van der Waals surface area contributed by atoms with Crippen LogP contribution >= 0.6 is 22.9 Å². The number of benzene rings is 1. The van der Waals surface area contributed by atoms with E-state index in [-0.39, 0.29) is 17.7 Å². The van der Waals surface area contributed by atoms with Gasteiger partial charge in [0.2, 0.25) is 0 Å². The van der Waals surface area contributed by atoms with Gasteiger partial charge in [0.1, 0.15) is 0 Å². The Labute approximate surface area is 193 Å². The Morgan fingerprint density at radius 3 is 2.56 bits per heavy atom. The molecule has 4 aromatic rings. The number of hydrogen-bond acceptors (Lipinski definition) is 6. The Morgan fingerprint density at radius 2 is 1.88 bits per heavy atom. The van der Waals surface area contributed by atoms with Gasteiger partial charge in [0.25, 0.3) is 17.5 Å². The summed E-state index contributed by atoms with van der Waals surface area (Å²) in [6.45, 7) is 7.50. The maximum absolute atomic E-state index is 13.3. The van der Waals surface area contributed by atoms with Gasteiger partial charge in [-0.05, 0) is 64.1 Å². The number of aromatic nitrogens is 2. The van der Waals surface area contributed by atoms with Gasteiger partial charge in [-0.15, -0.1) is 11.3 Å². The normalized spacial score (nSPS) is 11.2. The van der Waals surface area contributed by atoms with Crippen molar-refractivity contribution in [3.63, 3.8) is 0 Å². The minimum Gasteiger partial charge on any atom is -0.350 e. The van der Waals surface area contributed by atoms with Crippen LogP contribution < -0.4 is 10.6 Å². The SMILES string of the molecule is Cc1ccc(-c2cc(C(=O)Nc3cc(C(=O)NC(C)C)ccc3Cl)c3c(C)noc3n2)s1. The second-order valence-electron chi connectivity index (χ2n) is 7.69. The molecule has 9 heteroatoms. The summed E-state index contributed by atoms with van der Waals surface area (Å²) in [6.07, 6.45) is 0. The van der Waals surface area contributed by atoms with Crippen LogP contribution in [-0.4, -0.2) is 28.0 Å². The van der Waals surface area contributed by atoms with Crippen LogP contribution in [-0.2, 0) is 0 Å². The van der Waals surface area contributed by atoms with E-state index in [1.165, 1.54) is 0 Å². The molecule has 0 saturated heterocycles. The second-order valence-corrected chi connectivity index (χ2v) is 9.39. The largest absolute Gasteiger partial charge is 0.350 e. The van der Waals surface area contributed by atoms with Crippen LogP contribution in [0.25, 0.3) is 21.7 Å². The van der Waals surface area contributed by atoms with Gasteiger partial charge in [-0.25, -0.2) is 4.98 Å². The first kappa shape index (κ1) is 22.0. The zero-order valence-electron chi connectivity index (χ0n) is 17.9. The lowest BCUT2D eigenvalue weighted by Gasteiger charge is -2.12. The van der Waals surface area contributed by atoms with Crippen LogP contribution in [0.5, 0.6) is 0 Å². The van der Waals surface area contributed by atoms with Crippen LogP contribution in [0.2, 0.25) is 5.02 Å². The third-order valence-corrected chi connectivity index (χ3v) is 6.10. The van der Waals surface area contributed by atoms with E-state index in [1.54, 1.807) is 42.5 Å². The van der Waals surface area contributed by atoms with Crippen LogP contribution in [0.15, 0.2) is 40.9 Å². The Balaban J connectivity index is 1.73. The number of pyridine rings is 1. The predicted molar refractivity (Wildman–Crippen MR) is 127 cm³/mol. The number of thiophene rings is 1. The molecule has 3 heterocycles. The van der Waals surface area contributed by atoms with Crippen molar-refractivity contribution < 1.29 is 14.1 Å². The second kappa shape index (κ2) is 8.72. The minimum atomic E-state index is -0.401. The van der Waals surface area contributed by atoms with E-state index in [0.29, 0.717) is 38.6 Å². The van der Waals surface area contributed by atoms with Gasteiger partial charge >= 0.3 is 0 Å². The Hall–Kier alpha value is -3.23. The molecule has 7 nitrogen and oxygen atoms in total. The number of hydrogen-bond donors (Lipinski definition) is 2. The Morgan fingerprint density at radius 1 is 1.09 bits per heavy atom. The van der Waals surface area contributed by atoms with Gasteiger partial charge < -0.3 is 15.2 Å². The molecule has 3 aromatic heterocycles. The summed E-state index contributed by atoms with van der Waals surface area (Å²) >= 11 is 7.88. The third kappa shape index (κ3) is 4.37. The molecule has 0 aliphatic rings. The third-order valence-electron chi connectivity index (χ3n) is 4.75. The van der Waals surface area contributed by atoms with Crippen molar-refractivity contribution in [1.29, 1.82) is 0 Å². The van der Waals surface area contributed by atoms with Crippen molar-refractivity contribution in [1.82, 2.24) is 15.5 Å². The van der Waals surface area contributed by atoms with E-state index < -0.39 is 5.91 Å². The van der Waals surface area contributed by atoms with Crippen molar-refractivity contribution in [2.75, 3.05) is 5.32 Å². The number of rotatable bonds is 5. The van der Waals surface area contributed by atoms with Gasteiger partial charge in [0, 0.05) is 16.5 Å². The van der Waals surface area contributed by atoms with E-state index in [0.717, 1.165) is 9.75 Å². The van der Waals surface area contributed by atoms with Crippen molar-refractivity contribution >= 4 is 51.5 Å². The molecule has 0 unspecified atom stereocenters. The van der Waals surface area contributed by atoms with Crippen LogP contribution in [0.3, 0.4) is 0 Å². The van der Waals surface area contributed by atoms with Crippen molar-refractivity contribution in [3.8, 4) is 10.6 Å². The maximum atomic E-state index is 13.3. The number of halogens is 1. The molecule has 0 fully saturated rings. The highest BCUT2D eigenvalue weighted by Gasteiger charge is 2.21. The van der Waals surface area contributed by atoms with Crippen LogP contribution in [0, 0.1) is 13.8 Å². The van der Waals surface area contributed by atoms with E-state index in [1.807, 2.05) is 32.9 Å². The van der Waals surface area contributed by atoms with Crippen molar-refractivity contribution in [3.05, 3.63) is 63.1 Å². The van der Waals surface area contributed by atoms with Gasteiger partial charge in [0.15, 0.2) is 0 Å². The quantitative estimate of drug-likeness (QED) is 0.396. The van der Waals surface area contributed by atoms with Gasteiger partial charge in [-0.1, -0.05) is 16.8 Å². The molecular weight excluding hydrogens is 448 g/mol. The monoisotopic (exact) mass is 468 g/mol. The predicted octanol–water partition coefficient (Wildman–Crippen LogP) is 5.61. The first-order valence-electron chi connectivity index (χ1n) is 9.98. The number of amides is 2. The zero-order valence-corrected chi connectivity index (χ0v) is 19.5. The Bertz CT molecular complexity index is 1340. The fourth-order valence-electron chi connectivity index (χ4n) is 3.27. The van der Waals surface area contributed by atoms with Crippen molar-refractivity contribution in [2.24, 2.45) is 0 Å². The minimum absolute atomic E-state index is 0.0165. The van der Waals surface area contributed by atoms with Crippen LogP contribution in [0.4, 0.5) is 5.69 Å². The summed E-state index contributed by atoms with van der Waals surface area (Å²) in [4.78, 5) is 32.3. The molecule has 0 aliphatic heterocycles.